The lowest BCUT2D eigenvalue weighted by Crippen LogP contribution is -2.29. The van der Waals surface area contributed by atoms with Gasteiger partial charge < -0.3 is 14.5 Å². The fourth-order valence-electron chi connectivity index (χ4n) is 2.75. The molecule has 0 atom stereocenters. The smallest absolute Gasteiger partial charge is 0.277 e. The summed E-state index contributed by atoms with van der Waals surface area (Å²) in [5, 5.41) is 11.2. The second kappa shape index (κ2) is 9.80. The molecule has 3 rings (SSSR count). The summed E-state index contributed by atoms with van der Waals surface area (Å²) in [6, 6.07) is 15.9. The van der Waals surface area contributed by atoms with Gasteiger partial charge in [-0.15, -0.1) is 10.2 Å². The maximum Gasteiger partial charge on any atom is 0.277 e. The van der Waals surface area contributed by atoms with Crippen molar-refractivity contribution in [2.45, 2.75) is 38.3 Å². The van der Waals surface area contributed by atoms with Crippen LogP contribution < -0.4 is 10.1 Å². The van der Waals surface area contributed by atoms with Crippen LogP contribution in [0.3, 0.4) is 0 Å². The summed E-state index contributed by atoms with van der Waals surface area (Å²) in [7, 11) is 0. The van der Waals surface area contributed by atoms with E-state index in [0.29, 0.717) is 24.3 Å². The third-order valence-electron chi connectivity index (χ3n) is 4.41. The molecule has 30 heavy (non-hydrogen) atoms. The number of aromatic nitrogens is 2. The fourth-order valence-corrected chi connectivity index (χ4v) is 3.34. The van der Waals surface area contributed by atoms with E-state index in [1.807, 2.05) is 43.3 Å². The Morgan fingerprint density at radius 2 is 1.90 bits per heavy atom. The summed E-state index contributed by atoms with van der Waals surface area (Å²) in [4.78, 5) is 12.0. The monoisotopic (exact) mass is 425 g/mol. The summed E-state index contributed by atoms with van der Waals surface area (Å²) in [6.07, 6.45) is 0. The number of benzene rings is 2. The maximum atomic E-state index is 12.0. The van der Waals surface area contributed by atoms with Crippen LogP contribution >= 0.6 is 11.8 Å². The number of hydrogen-bond donors (Lipinski definition) is 1. The number of aryl methyl sites for hydroxylation is 1. The molecule has 0 saturated heterocycles. The SMILES string of the molecule is Cc1cccc(-c2nnc(SCC(=O)NCCOc3ccc(C(C)(C)C)cc3)o2)c1. The molecule has 0 unspecified atom stereocenters. The van der Waals surface area contributed by atoms with Gasteiger partial charge in [0.15, 0.2) is 0 Å². The van der Waals surface area contributed by atoms with Gasteiger partial charge in [0, 0.05) is 5.56 Å². The van der Waals surface area contributed by atoms with E-state index in [4.69, 9.17) is 9.15 Å². The van der Waals surface area contributed by atoms with Crippen LogP contribution in [0.4, 0.5) is 0 Å². The predicted molar refractivity (Wildman–Crippen MR) is 119 cm³/mol. The summed E-state index contributed by atoms with van der Waals surface area (Å²) >= 11 is 1.21. The summed E-state index contributed by atoms with van der Waals surface area (Å²) in [5.74, 6) is 1.34. The number of carbonyl (C=O) groups excluding carboxylic acids is 1. The largest absolute Gasteiger partial charge is 0.492 e. The third kappa shape index (κ3) is 6.35. The van der Waals surface area contributed by atoms with E-state index >= 15 is 0 Å². The normalized spacial score (nSPS) is 11.3. The van der Waals surface area contributed by atoms with Gasteiger partial charge in [-0.1, -0.05) is 62.4 Å². The van der Waals surface area contributed by atoms with Crippen molar-refractivity contribution < 1.29 is 13.9 Å². The number of thioether (sulfide) groups is 1. The fraction of sp³-hybridized carbons (Fsp3) is 0.348. The average Bonchev–Trinajstić information content (AvgIpc) is 3.18. The molecule has 1 heterocycles. The van der Waals surface area contributed by atoms with Gasteiger partial charge in [0.2, 0.25) is 11.8 Å². The minimum atomic E-state index is -0.109. The Morgan fingerprint density at radius 3 is 2.60 bits per heavy atom. The highest BCUT2D eigenvalue weighted by atomic mass is 32.2. The molecular weight excluding hydrogens is 398 g/mol. The summed E-state index contributed by atoms with van der Waals surface area (Å²) in [5.41, 5.74) is 3.36. The van der Waals surface area contributed by atoms with Crippen LogP contribution in [-0.2, 0) is 10.2 Å². The van der Waals surface area contributed by atoms with E-state index in [9.17, 15) is 4.79 Å². The van der Waals surface area contributed by atoms with Crippen molar-refractivity contribution in [3.63, 3.8) is 0 Å². The predicted octanol–water partition coefficient (Wildman–Crippen LogP) is 4.63. The second-order valence-corrected chi connectivity index (χ2v) is 8.93. The van der Waals surface area contributed by atoms with Gasteiger partial charge in [-0.3, -0.25) is 4.79 Å². The molecule has 2 aromatic carbocycles. The lowest BCUT2D eigenvalue weighted by Gasteiger charge is -2.19. The Hall–Kier alpha value is -2.80. The van der Waals surface area contributed by atoms with Gasteiger partial charge in [0.05, 0.1) is 12.3 Å². The van der Waals surface area contributed by atoms with E-state index in [1.54, 1.807) is 0 Å². The number of hydrogen-bond acceptors (Lipinski definition) is 6. The van der Waals surface area contributed by atoms with E-state index in [1.165, 1.54) is 17.3 Å². The molecule has 6 nitrogen and oxygen atoms in total. The molecule has 1 aromatic heterocycles. The third-order valence-corrected chi connectivity index (χ3v) is 5.23. The second-order valence-electron chi connectivity index (χ2n) is 8.00. The number of rotatable bonds is 8. The molecular formula is C23H27N3O3S. The zero-order valence-corrected chi connectivity index (χ0v) is 18.6. The van der Waals surface area contributed by atoms with Gasteiger partial charge in [-0.25, -0.2) is 0 Å². The van der Waals surface area contributed by atoms with Crippen molar-refractivity contribution in [2.75, 3.05) is 18.9 Å². The van der Waals surface area contributed by atoms with Crippen molar-refractivity contribution in [1.29, 1.82) is 0 Å². The molecule has 0 spiro atoms. The van der Waals surface area contributed by atoms with Crippen molar-refractivity contribution in [3.8, 4) is 17.2 Å². The Bertz CT molecular complexity index is 978. The van der Waals surface area contributed by atoms with Crippen LogP contribution in [-0.4, -0.2) is 35.0 Å². The number of nitrogens with one attached hydrogen (secondary N) is 1. The van der Waals surface area contributed by atoms with Gasteiger partial charge in [-0.2, -0.15) is 0 Å². The topological polar surface area (TPSA) is 77.2 Å². The Balaban J connectivity index is 1.37. The van der Waals surface area contributed by atoms with Crippen molar-refractivity contribution in [3.05, 3.63) is 59.7 Å². The van der Waals surface area contributed by atoms with Crippen LogP contribution in [0.25, 0.3) is 11.5 Å². The highest BCUT2D eigenvalue weighted by Gasteiger charge is 2.13. The standard InChI is InChI=1S/C23H27N3O3S/c1-16-6-5-7-17(14-16)21-25-26-22(29-21)30-15-20(27)24-12-13-28-19-10-8-18(9-11-19)23(2,3)4/h5-11,14H,12-13,15H2,1-4H3,(H,24,27). The van der Waals surface area contributed by atoms with E-state index in [-0.39, 0.29) is 17.1 Å². The molecule has 0 fully saturated rings. The molecule has 0 bridgehead atoms. The first-order valence-corrected chi connectivity index (χ1v) is 10.8. The number of carbonyl (C=O) groups is 1. The minimum Gasteiger partial charge on any atom is -0.492 e. The molecule has 3 aromatic rings. The zero-order valence-electron chi connectivity index (χ0n) is 17.8. The van der Waals surface area contributed by atoms with Gasteiger partial charge >= 0.3 is 0 Å². The zero-order chi connectivity index (χ0) is 21.6. The summed E-state index contributed by atoms with van der Waals surface area (Å²) < 4.78 is 11.3. The molecule has 0 aliphatic heterocycles. The number of amides is 1. The molecule has 1 amide bonds. The van der Waals surface area contributed by atoms with Crippen LogP contribution in [0, 0.1) is 6.92 Å². The van der Waals surface area contributed by atoms with E-state index < -0.39 is 0 Å². The maximum absolute atomic E-state index is 12.0. The molecule has 1 N–H and O–H groups in total. The van der Waals surface area contributed by atoms with Crippen LogP contribution in [0.15, 0.2) is 58.2 Å². The molecule has 0 aliphatic rings. The first-order chi connectivity index (χ1) is 14.3. The molecule has 158 valence electrons. The molecule has 0 aliphatic carbocycles. The number of nitrogens with zero attached hydrogens (tertiary/aromatic N) is 2. The lowest BCUT2D eigenvalue weighted by molar-refractivity contribution is -0.118. The minimum absolute atomic E-state index is 0.109. The summed E-state index contributed by atoms with van der Waals surface area (Å²) in [6.45, 7) is 9.36. The highest BCUT2D eigenvalue weighted by Crippen LogP contribution is 2.25. The van der Waals surface area contributed by atoms with Crippen molar-refractivity contribution >= 4 is 17.7 Å². The van der Waals surface area contributed by atoms with Gasteiger partial charge in [-0.05, 0) is 42.2 Å². The first kappa shape index (κ1) is 21.9. The Kier molecular flexibility index (Phi) is 7.15. The Labute approximate surface area is 181 Å². The Morgan fingerprint density at radius 1 is 1.13 bits per heavy atom. The van der Waals surface area contributed by atoms with Crippen LogP contribution in [0.5, 0.6) is 5.75 Å². The molecule has 0 radical (unpaired) electrons. The highest BCUT2D eigenvalue weighted by molar-refractivity contribution is 7.99. The van der Waals surface area contributed by atoms with E-state index in [2.05, 4.69) is 48.4 Å². The van der Waals surface area contributed by atoms with Crippen molar-refractivity contribution in [1.82, 2.24) is 15.5 Å². The number of ether oxygens (including phenoxy) is 1. The van der Waals surface area contributed by atoms with Crippen LogP contribution in [0.2, 0.25) is 0 Å². The quantitative estimate of drug-likeness (QED) is 0.419. The van der Waals surface area contributed by atoms with Crippen LogP contribution in [0.1, 0.15) is 31.9 Å². The van der Waals surface area contributed by atoms with Gasteiger partial charge in [0.25, 0.3) is 5.22 Å². The van der Waals surface area contributed by atoms with E-state index in [0.717, 1.165) is 16.9 Å². The molecule has 0 saturated carbocycles. The lowest BCUT2D eigenvalue weighted by atomic mass is 9.87. The average molecular weight is 426 g/mol. The van der Waals surface area contributed by atoms with Crippen molar-refractivity contribution in [2.24, 2.45) is 0 Å². The molecule has 7 heteroatoms. The van der Waals surface area contributed by atoms with Gasteiger partial charge in [0.1, 0.15) is 12.4 Å². The first-order valence-electron chi connectivity index (χ1n) is 9.85.